The van der Waals surface area contributed by atoms with Crippen molar-refractivity contribution >= 4 is 11.9 Å². The lowest BCUT2D eigenvalue weighted by Crippen LogP contribution is -2.11. The van der Waals surface area contributed by atoms with Crippen molar-refractivity contribution in [3.63, 3.8) is 0 Å². The molecule has 3 aromatic carbocycles. The summed E-state index contributed by atoms with van der Waals surface area (Å²) < 4.78 is 22.7. The van der Waals surface area contributed by atoms with E-state index in [0.29, 0.717) is 41.6 Å². The largest absolute Gasteiger partial charge is 0.494 e. The first-order valence-corrected chi connectivity index (χ1v) is 15.0. The van der Waals surface area contributed by atoms with Crippen LogP contribution in [0.25, 0.3) is 0 Å². The van der Waals surface area contributed by atoms with Crippen molar-refractivity contribution in [1.29, 1.82) is 0 Å². The average Bonchev–Trinajstić information content (AvgIpc) is 2.98. The van der Waals surface area contributed by atoms with E-state index in [-0.39, 0.29) is 0 Å². The Bertz CT molecular complexity index is 1200. The summed E-state index contributed by atoms with van der Waals surface area (Å²) in [4.78, 5) is 25.3. The highest BCUT2D eigenvalue weighted by Crippen LogP contribution is 2.23. The minimum atomic E-state index is -0.497. The van der Waals surface area contributed by atoms with E-state index in [9.17, 15) is 9.59 Å². The van der Waals surface area contributed by atoms with Crippen LogP contribution in [0.2, 0.25) is 0 Å². The number of rotatable bonds is 18. The van der Waals surface area contributed by atoms with Crippen molar-refractivity contribution < 1.29 is 28.5 Å². The standard InChI is InChI=1S/C35H44O6/c1-4-6-8-10-11-13-24-38-30-20-22-32(23-21-30)40-34(36)28-16-18-31(19-17-28)41-35(37)29-15-14-27(3)33(26-29)39-25-12-9-7-5-2/h14-23,26H,4-13,24-25H2,1-3H3. The summed E-state index contributed by atoms with van der Waals surface area (Å²) in [5, 5.41) is 0. The molecule has 0 bridgehead atoms. The predicted molar refractivity (Wildman–Crippen MR) is 162 cm³/mol. The molecule has 0 heterocycles. The smallest absolute Gasteiger partial charge is 0.343 e. The van der Waals surface area contributed by atoms with E-state index in [1.54, 1.807) is 60.7 Å². The molecule has 0 atom stereocenters. The van der Waals surface area contributed by atoms with Crippen LogP contribution >= 0.6 is 0 Å². The van der Waals surface area contributed by atoms with Crippen LogP contribution in [-0.4, -0.2) is 25.2 Å². The molecule has 6 heteroatoms. The Balaban J connectivity index is 1.45. The molecule has 0 aromatic heterocycles. The van der Waals surface area contributed by atoms with Gasteiger partial charge in [-0.2, -0.15) is 0 Å². The minimum Gasteiger partial charge on any atom is -0.494 e. The topological polar surface area (TPSA) is 71.1 Å². The van der Waals surface area contributed by atoms with Gasteiger partial charge >= 0.3 is 11.9 Å². The number of carbonyl (C=O) groups is 2. The lowest BCUT2D eigenvalue weighted by atomic mass is 10.1. The van der Waals surface area contributed by atoms with Crippen LogP contribution in [0.5, 0.6) is 23.0 Å². The van der Waals surface area contributed by atoms with Gasteiger partial charge in [-0.3, -0.25) is 0 Å². The second-order valence-electron chi connectivity index (χ2n) is 10.3. The second kappa shape index (κ2) is 17.8. The Hall–Kier alpha value is -3.80. The molecule has 6 nitrogen and oxygen atoms in total. The van der Waals surface area contributed by atoms with E-state index in [1.165, 1.54) is 44.9 Å². The highest BCUT2D eigenvalue weighted by atomic mass is 16.5. The summed E-state index contributed by atoms with van der Waals surface area (Å²) in [6, 6.07) is 18.6. The Morgan fingerprint density at radius 1 is 0.537 bits per heavy atom. The van der Waals surface area contributed by atoms with Crippen LogP contribution in [0, 0.1) is 6.92 Å². The van der Waals surface area contributed by atoms with Gasteiger partial charge < -0.3 is 18.9 Å². The summed E-state index contributed by atoms with van der Waals surface area (Å²) in [5.41, 5.74) is 1.72. The normalized spacial score (nSPS) is 10.7. The van der Waals surface area contributed by atoms with Crippen molar-refractivity contribution in [3.8, 4) is 23.0 Å². The fraction of sp³-hybridized carbons (Fsp3) is 0.429. The van der Waals surface area contributed by atoms with Gasteiger partial charge in [-0.15, -0.1) is 0 Å². The first-order chi connectivity index (χ1) is 20.0. The number of benzene rings is 3. The van der Waals surface area contributed by atoms with Crippen molar-refractivity contribution in [2.75, 3.05) is 13.2 Å². The average molecular weight is 561 g/mol. The van der Waals surface area contributed by atoms with Gasteiger partial charge in [0.25, 0.3) is 0 Å². The minimum absolute atomic E-state index is 0.334. The molecule has 3 aromatic rings. The molecule has 41 heavy (non-hydrogen) atoms. The Labute approximate surface area is 245 Å². The molecule has 0 unspecified atom stereocenters. The summed E-state index contributed by atoms with van der Waals surface area (Å²) in [7, 11) is 0. The molecule has 0 fully saturated rings. The van der Waals surface area contributed by atoms with E-state index < -0.39 is 11.9 Å². The third-order valence-electron chi connectivity index (χ3n) is 6.78. The van der Waals surface area contributed by atoms with Gasteiger partial charge in [-0.05, 0) is 86.0 Å². The number of esters is 2. The zero-order valence-corrected chi connectivity index (χ0v) is 24.8. The first-order valence-electron chi connectivity index (χ1n) is 15.0. The molecule has 0 aliphatic rings. The van der Waals surface area contributed by atoms with Crippen LogP contribution in [0.3, 0.4) is 0 Å². The number of unbranched alkanes of at least 4 members (excludes halogenated alkanes) is 8. The zero-order valence-electron chi connectivity index (χ0n) is 24.8. The van der Waals surface area contributed by atoms with Crippen molar-refractivity contribution in [3.05, 3.63) is 83.4 Å². The number of ether oxygens (including phenoxy) is 4. The molecule has 0 radical (unpaired) electrons. The van der Waals surface area contributed by atoms with E-state index in [1.807, 2.05) is 13.0 Å². The molecule has 0 amide bonds. The predicted octanol–water partition coefficient (Wildman–Crippen LogP) is 9.13. The molecule has 0 aliphatic heterocycles. The monoisotopic (exact) mass is 560 g/mol. The SMILES string of the molecule is CCCCCCCCOc1ccc(OC(=O)c2ccc(OC(=O)c3ccc(C)c(OCCCCCC)c3)cc2)cc1. The first kappa shape index (κ1) is 31.7. The number of aryl methyl sites for hydroxylation is 1. The third kappa shape index (κ3) is 11.3. The molecule has 0 aliphatic carbocycles. The molecule has 0 saturated carbocycles. The van der Waals surface area contributed by atoms with E-state index >= 15 is 0 Å². The van der Waals surface area contributed by atoms with Gasteiger partial charge in [0, 0.05) is 0 Å². The maximum atomic E-state index is 12.7. The van der Waals surface area contributed by atoms with Gasteiger partial charge in [0.05, 0.1) is 24.3 Å². The number of hydrogen-bond acceptors (Lipinski definition) is 6. The van der Waals surface area contributed by atoms with Crippen molar-refractivity contribution in [1.82, 2.24) is 0 Å². The fourth-order valence-corrected chi connectivity index (χ4v) is 4.26. The third-order valence-corrected chi connectivity index (χ3v) is 6.78. The molecule has 0 saturated heterocycles. The lowest BCUT2D eigenvalue weighted by Gasteiger charge is -2.11. The lowest BCUT2D eigenvalue weighted by molar-refractivity contribution is 0.0730. The highest BCUT2D eigenvalue weighted by Gasteiger charge is 2.14. The van der Waals surface area contributed by atoms with Gasteiger partial charge in [0.15, 0.2) is 0 Å². The van der Waals surface area contributed by atoms with Crippen LogP contribution in [0.4, 0.5) is 0 Å². The number of hydrogen-bond donors (Lipinski definition) is 0. The molecule has 3 rings (SSSR count). The molecule has 0 N–H and O–H groups in total. The van der Waals surface area contributed by atoms with Crippen LogP contribution < -0.4 is 18.9 Å². The van der Waals surface area contributed by atoms with Crippen LogP contribution in [-0.2, 0) is 0 Å². The quantitative estimate of drug-likeness (QED) is 0.0877. The van der Waals surface area contributed by atoms with E-state index in [0.717, 1.165) is 30.6 Å². The molecular weight excluding hydrogens is 516 g/mol. The van der Waals surface area contributed by atoms with Crippen LogP contribution in [0.15, 0.2) is 66.7 Å². The molecule has 220 valence electrons. The van der Waals surface area contributed by atoms with Crippen molar-refractivity contribution in [2.24, 2.45) is 0 Å². The van der Waals surface area contributed by atoms with E-state index in [4.69, 9.17) is 18.9 Å². The van der Waals surface area contributed by atoms with E-state index in [2.05, 4.69) is 13.8 Å². The molecule has 0 spiro atoms. The Morgan fingerprint density at radius 3 is 1.63 bits per heavy atom. The van der Waals surface area contributed by atoms with Crippen LogP contribution in [0.1, 0.15) is 104 Å². The second-order valence-corrected chi connectivity index (χ2v) is 10.3. The Kier molecular flexibility index (Phi) is 13.8. The number of carbonyl (C=O) groups excluding carboxylic acids is 2. The fourth-order valence-electron chi connectivity index (χ4n) is 4.26. The summed E-state index contributed by atoms with van der Waals surface area (Å²) in [6.45, 7) is 7.64. The molecular formula is C35H44O6. The van der Waals surface area contributed by atoms with Crippen molar-refractivity contribution in [2.45, 2.75) is 85.0 Å². The van der Waals surface area contributed by atoms with Gasteiger partial charge in [0.2, 0.25) is 0 Å². The Morgan fingerprint density at radius 2 is 1.00 bits per heavy atom. The van der Waals surface area contributed by atoms with Gasteiger partial charge in [-0.25, -0.2) is 9.59 Å². The summed E-state index contributed by atoms with van der Waals surface area (Å²) in [5.74, 6) is 1.22. The summed E-state index contributed by atoms with van der Waals surface area (Å²) >= 11 is 0. The van der Waals surface area contributed by atoms with Gasteiger partial charge in [-0.1, -0.05) is 71.3 Å². The maximum absolute atomic E-state index is 12.7. The van der Waals surface area contributed by atoms with Gasteiger partial charge in [0.1, 0.15) is 23.0 Å². The maximum Gasteiger partial charge on any atom is 0.343 e. The highest BCUT2D eigenvalue weighted by molar-refractivity contribution is 5.93. The zero-order chi connectivity index (χ0) is 29.3. The summed E-state index contributed by atoms with van der Waals surface area (Å²) in [6.07, 6.45) is 11.8.